The lowest BCUT2D eigenvalue weighted by atomic mass is 10.00. The summed E-state index contributed by atoms with van der Waals surface area (Å²) in [7, 11) is 0. The molecule has 2 rings (SSSR count). The highest BCUT2D eigenvalue weighted by Gasteiger charge is 2.35. The molecule has 2 amide bonds. The number of urea groups is 1. The second-order valence-corrected chi connectivity index (χ2v) is 6.11. The predicted molar refractivity (Wildman–Crippen MR) is 70.5 cm³/mol. The van der Waals surface area contributed by atoms with E-state index in [1.54, 1.807) is 0 Å². The van der Waals surface area contributed by atoms with Gasteiger partial charge in [0.1, 0.15) is 6.04 Å². The van der Waals surface area contributed by atoms with Crippen LogP contribution in [-0.4, -0.2) is 45.7 Å². The van der Waals surface area contributed by atoms with Gasteiger partial charge in [-0.3, -0.25) is 0 Å². The molecule has 1 aliphatic heterocycles. The standard InChI is InChI=1S/C12H20N2O3S/c1-8(9-4-2-3-5-9)13-12(17)14-7-18-6-10(14)11(15)16/h8-10H,2-7H2,1H3,(H,13,17)(H,15,16). The van der Waals surface area contributed by atoms with Crippen LogP contribution in [0.2, 0.25) is 0 Å². The molecule has 1 heterocycles. The summed E-state index contributed by atoms with van der Waals surface area (Å²) in [5, 5.41) is 12.0. The van der Waals surface area contributed by atoms with Gasteiger partial charge in [-0.1, -0.05) is 12.8 Å². The van der Waals surface area contributed by atoms with Crippen molar-refractivity contribution in [2.75, 3.05) is 11.6 Å². The molecule has 2 fully saturated rings. The molecule has 0 aromatic rings. The largest absolute Gasteiger partial charge is 0.480 e. The Morgan fingerprint density at radius 2 is 2.06 bits per heavy atom. The molecule has 1 aliphatic carbocycles. The van der Waals surface area contributed by atoms with Gasteiger partial charge in [-0.05, 0) is 25.7 Å². The summed E-state index contributed by atoms with van der Waals surface area (Å²) >= 11 is 1.49. The molecule has 1 saturated heterocycles. The third-order valence-corrected chi connectivity index (χ3v) is 4.90. The molecular weight excluding hydrogens is 252 g/mol. The highest BCUT2D eigenvalue weighted by atomic mass is 32.2. The Morgan fingerprint density at radius 1 is 1.39 bits per heavy atom. The summed E-state index contributed by atoms with van der Waals surface area (Å²) in [5.41, 5.74) is 0. The van der Waals surface area contributed by atoms with Crippen LogP contribution in [0.1, 0.15) is 32.6 Å². The van der Waals surface area contributed by atoms with Crippen LogP contribution in [0.15, 0.2) is 0 Å². The van der Waals surface area contributed by atoms with Crippen molar-refractivity contribution in [1.82, 2.24) is 10.2 Å². The van der Waals surface area contributed by atoms with Crippen LogP contribution < -0.4 is 5.32 Å². The average molecular weight is 272 g/mol. The first-order chi connectivity index (χ1) is 8.59. The molecular formula is C12H20N2O3S. The number of carboxylic acid groups (broad SMARTS) is 1. The fourth-order valence-corrected chi connectivity index (χ4v) is 3.85. The number of carbonyl (C=O) groups is 2. The summed E-state index contributed by atoms with van der Waals surface area (Å²) in [6.07, 6.45) is 4.81. The Labute approximate surface area is 111 Å². The maximum atomic E-state index is 12.1. The maximum Gasteiger partial charge on any atom is 0.327 e. The second-order valence-electron chi connectivity index (χ2n) is 5.11. The van der Waals surface area contributed by atoms with Crippen molar-refractivity contribution < 1.29 is 14.7 Å². The lowest BCUT2D eigenvalue weighted by molar-refractivity contribution is -0.140. The van der Waals surface area contributed by atoms with Crippen LogP contribution in [0.4, 0.5) is 4.79 Å². The van der Waals surface area contributed by atoms with Crippen LogP contribution in [0.5, 0.6) is 0 Å². The number of thioether (sulfide) groups is 1. The van der Waals surface area contributed by atoms with Gasteiger partial charge in [0, 0.05) is 11.8 Å². The number of hydrogen-bond acceptors (Lipinski definition) is 3. The van der Waals surface area contributed by atoms with Crippen LogP contribution in [0, 0.1) is 5.92 Å². The zero-order valence-electron chi connectivity index (χ0n) is 10.6. The normalized spacial score (nSPS) is 26.3. The lowest BCUT2D eigenvalue weighted by Gasteiger charge is -2.26. The smallest absolute Gasteiger partial charge is 0.327 e. The summed E-state index contributed by atoms with van der Waals surface area (Å²) in [6, 6.07) is -0.766. The van der Waals surface area contributed by atoms with Crippen LogP contribution in [-0.2, 0) is 4.79 Å². The van der Waals surface area contributed by atoms with Crippen molar-refractivity contribution in [3.63, 3.8) is 0 Å². The molecule has 0 aromatic heterocycles. The van der Waals surface area contributed by atoms with E-state index in [2.05, 4.69) is 5.32 Å². The minimum atomic E-state index is -0.913. The van der Waals surface area contributed by atoms with Gasteiger partial charge >= 0.3 is 12.0 Å². The number of carbonyl (C=O) groups excluding carboxylic acids is 1. The third kappa shape index (κ3) is 2.91. The number of rotatable bonds is 3. The number of amides is 2. The molecule has 18 heavy (non-hydrogen) atoms. The zero-order chi connectivity index (χ0) is 13.1. The van der Waals surface area contributed by atoms with Crippen LogP contribution in [0.25, 0.3) is 0 Å². The number of aliphatic carboxylic acids is 1. The molecule has 2 unspecified atom stereocenters. The molecule has 2 aliphatic rings. The molecule has 1 saturated carbocycles. The monoisotopic (exact) mass is 272 g/mol. The Balaban J connectivity index is 1.88. The van der Waals surface area contributed by atoms with Gasteiger partial charge in [-0.2, -0.15) is 0 Å². The summed E-state index contributed by atoms with van der Waals surface area (Å²) in [6.45, 7) is 2.02. The molecule has 6 heteroatoms. The highest BCUT2D eigenvalue weighted by Crippen LogP contribution is 2.28. The molecule has 2 N–H and O–H groups in total. The number of nitrogens with zero attached hydrogens (tertiary/aromatic N) is 1. The van der Waals surface area contributed by atoms with Gasteiger partial charge in [0.15, 0.2) is 0 Å². The Bertz CT molecular complexity index is 331. The van der Waals surface area contributed by atoms with Crippen LogP contribution >= 0.6 is 11.8 Å². The Morgan fingerprint density at radius 3 is 2.67 bits per heavy atom. The molecule has 5 nitrogen and oxygen atoms in total. The molecule has 0 spiro atoms. The van der Waals surface area contributed by atoms with Crippen molar-refractivity contribution in [3.05, 3.63) is 0 Å². The van der Waals surface area contributed by atoms with Gasteiger partial charge < -0.3 is 15.3 Å². The van der Waals surface area contributed by atoms with Gasteiger partial charge in [0.05, 0.1) is 5.88 Å². The first-order valence-electron chi connectivity index (χ1n) is 6.47. The Kier molecular flexibility index (Phi) is 4.37. The third-order valence-electron chi connectivity index (χ3n) is 3.89. The van der Waals surface area contributed by atoms with Gasteiger partial charge in [-0.15, -0.1) is 11.8 Å². The van der Waals surface area contributed by atoms with Gasteiger partial charge in [-0.25, -0.2) is 9.59 Å². The molecule has 0 bridgehead atoms. The second kappa shape index (κ2) is 5.82. The summed E-state index contributed by atoms with van der Waals surface area (Å²) in [5.74, 6) is 0.594. The zero-order valence-corrected chi connectivity index (χ0v) is 11.4. The van der Waals surface area contributed by atoms with E-state index in [1.165, 1.54) is 42.3 Å². The van der Waals surface area contributed by atoms with E-state index < -0.39 is 12.0 Å². The summed E-state index contributed by atoms with van der Waals surface area (Å²) < 4.78 is 0. The minimum Gasteiger partial charge on any atom is -0.480 e. The fraction of sp³-hybridized carbons (Fsp3) is 0.833. The highest BCUT2D eigenvalue weighted by molar-refractivity contribution is 7.99. The molecule has 102 valence electrons. The molecule has 0 aromatic carbocycles. The number of carboxylic acids is 1. The van der Waals surface area contributed by atoms with E-state index >= 15 is 0 Å². The van der Waals surface area contributed by atoms with Crippen molar-refractivity contribution >= 4 is 23.8 Å². The SMILES string of the molecule is CC(NC(=O)N1CSCC1C(=O)O)C1CCCC1. The van der Waals surface area contributed by atoms with Crippen molar-refractivity contribution in [2.45, 2.75) is 44.7 Å². The number of hydrogen-bond donors (Lipinski definition) is 2. The van der Waals surface area contributed by atoms with Crippen molar-refractivity contribution in [3.8, 4) is 0 Å². The van der Waals surface area contributed by atoms with E-state index in [4.69, 9.17) is 5.11 Å². The van der Waals surface area contributed by atoms with E-state index in [0.717, 1.165) is 0 Å². The lowest BCUT2D eigenvalue weighted by Crippen LogP contribution is -2.50. The number of nitrogens with one attached hydrogen (secondary N) is 1. The van der Waals surface area contributed by atoms with E-state index in [0.29, 0.717) is 17.5 Å². The van der Waals surface area contributed by atoms with Crippen LogP contribution in [0.3, 0.4) is 0 Å². The fourth-order valence-electron chi connectivity index (χ4n) is 2.70. The van der Waals surface area contributed by atoms with E-state index in [9.17, 15) is 9.59 Å². The average Bonchev–Trinajstić information content (AvgIpc) is 3.00. The van der Waals surface area contributed by atoms with Crippen molar-refractivity contribution in [1.29, 1.82) is 0 Å². The quantitative estimate of drug-likeness (QED) is 0.821. The molecule has 2 atom stereocenters. The molecule has 0 radical (unpaired) electrons. The van der Waals surface area contributed by atoms with E-state index in [-0.39, 0.29) is 12.1 Å². The maximum absolute atomic E-state index is 12.1. The first-order valence-corrected chi connectivity index (χ1v) is 7.62. The summed E-state index contributed by atoms with van der Waals surface area (Å²) in [4.78, 5) is 24.5. The van der Waals surface area contributed by atoms with Gasteiger partial charge in [0.25, 0.3) is 0 Å². The Hall–Kier alpha value is -0.910. The predicted octanol–water partition coefficient (Wildman–Crippen LogP) is 1.73. The minimum absolute atomic E-state index is 0.139. The van der Waals surface area contributed by atoms with E-state index in [1.807, 2.05) is 6.92 Å². The van der Waals surface area contributed by atoms with Crippen molar-refractivity contribution in [2.24, 2.45) is 5.92 Å². The first kappa shape index (κ1) is 13.5. The van der Waals surface area contributed by atoms with Gasteiger partial charge in [0.2, 0.25) is 0 Å². The topological polar surface area (TPSA) is 69.6 Å².